The van der Waals surface area contributed by atoms with E-state index in [1.165, 1.54) is 14.2 Å². The van der Waals surface area contributed by atoms with Gasteiger partial charge in [0.2, 0.25) is 12.6 Å². The summed E-state index contributed by atoms with van der Waals surface area (Å²) in [4.78, 5) is 22.5. The molecule has 0 bridgehead atoms. The van der Waals surface area contributed by atoms with E-state index in [4.69, 9.17) is 14.2 Å². The number of benzene rings is 1. The lowest BCUT2D eigenvalue weighted by Gasteiger charge is -2.16. The number of hydrogen-bond acceptors (Lipinski definition) is 5. The van der Waals surface area contributed by atoms with Gasteiger partial charge in [-0.3, -0.25) is 4.79 Å². The maximum Gasteiger partial charge on any atom is 0.344 e. The molecule has 6 nitrogen and oxygen atoms in total. The molecule has 0 aliphatic carbocycles. The largest absolute Gasteiger partial charge is 0.494 e. The summed E-state index contributed by atoms with van der Waals surface area (Å²) in [7, 11) is 2.91. The minimum Gasteiger partial charge on any atom is -0.494 e. The van der Waals surface area contributed by atoms with Crippen LogP contribution in [0.2, 0.25) is 0 Å². The highest BCUT2D eigenvalue weighted by Gasteiger charge is 2.39. The minimum absolute atomic E-state index is 0.251. The molecule has 0 spiro atoms. The topological polar surface area (TPSA) is 73.9 Å². The second-order valence-corrected chi connectivity index (χ2v) is 5.14. The third-order valence-electron chi connectivity index (χ3n) is 2.65. The average Bonchev–Trinajstić information content (AvgIpc) is 2.69. The molecule has 0 fully saturated rings. The van der Waals surface area contributed by atoms with Crippen molar-refractivity contribution in [3.63, 3.8) is 0 Å². The van der Waals surface area contributed by atoms with Crippen molar-refractivity contribution in [1.29, 1.82) is 0 Å². The molecule has 1 amide bonds. The summed E-state index contributed by atoms with van der Waals surface area (Å²) in [6, 6.07) is 0. The molecule has 0 radical (unpaired) electrons. The van der Waals surface area contributed by atoms with E-state index < -0.39 is 12.2 Å². The molecule has 1 heterocycles. The van der Waals surface area contributed by atoms with Crippen molar-refractivity contribution >= 4 is 44.2 Å². The first-order chi connectivity index (χ1) is 9.06. The fourth-order valence-electron chi connectivity index (χ4n) is 1.89. The minimum atomic E-state index is -0.870. The molecular formula is C11H9Br2NO5. The first kappa shape index (κ1) is 14.1. The highest BCUT2D eigenvalue weighted by molar-refractivity contribution is 9.11. The Balaban J connectivity index is 2.76. The first-order valence-electron chi connectivity index (χ1n) is 5.10. The molecule has 1 aliphatic rings. The Kier molecular flexibility index (Phi) is 4.00. The Hall–Kier alpha value is -1.28. The number of carbonyl (C=O) groups excluding carboxylic acids is 2. The molecule has 8 heteroatoms. The zero-order valence-corrected chi connectivity index (χ0v) is 13.1. The van der Waals surface area contributed by atoms with Crippen molar-refractivity contribution < 1.29 is 23.8 Å². The predicted octanol–water partition coefficient (Wildman–Crippen LogP) is 2.14. The molecular weight excluding hydrogens is 386 g/mol. The van der Waals surface area contributed by atoms with Gasteiger partial charge in [-0.15, -0.1) is 0 Å². The van der Waals surface area contributed by atoms with Crippen LogP contribution in [0.15, 0.2) is 8.95 Å². The second-order valence-electron chi connectivity index (χ2n) is 3.55. The Bertz CT molecular complexity index is 561. The van der Waals surface area contributed by atoms with Gasteiger partial charge in [0.25, 0.3) is 0 Å². The van der Waals surface area contributed by atoms with Crippen LogP contribution in [0.5, 0.6) is 11.5 Å². The third-order valence-corrected chi connectivity index (χ3v) is 4.16. The zero-order chi connectivity index (χ0) is 14.2. The lowest BCUT2D eigenvalue weighted by molar-refractivity contribution is -0.112. The molecule has 1 aromatic carbocycles. The smallest absolute Gasteiger partial charge is 0.344 e. The van der Waals surface area contributed by atoms with Gasteiger partial charge in [-0.2, -0.15) is 0 Å². The van der Waals surface area contributed by atoms with E-state index in [0.29, 0.717) is 32.4 Å². The summed E-state index contributed by atoms with van der Waals surface area (Å²) in [5.41, 5.74) is 0.718. The Morgan fingerprint density at radius 3 is 2.37 bits per heavy atom. The van der Waals surface area contributed by atoms with Crippen LogP contribution in [-0.4, -0.2) is 26.6 Å². The number of nitrogens with one attached hydrogen (secondary N) is 1. The first-order valence-corrected chi connectivity index (χ1v) is 6.68. The molecule has 0 aromatic heterocycles. The van der Waals surface area contributed by atoms with E-state index in [0.717, 1.165) is 0 Å². The third kappa shape index (κ3) is 2.08. The van der Waals surface area contributed by atoms with Crippen molar-refractivity contribution in [2.24, 2.45) is 0 Å². The van der Waals surface area contributed by atoms with Gasteiger partial charge in [0.1, 0.15) is 10.0 Å². The lowest BCUT2D eigenvalue weighted by atomic mass is 10.1. The van der Waals surface area contributed by atoms with Crippen LogP contribution in [0.4, 0.5) is 0 Å². The Morgan fingerprint density at radius 2 is 1.84 bits per heavy atom. The Labute approximate surface area is 125 Å². The number of esters is 1. The van der Waals surface area contributed by atoms with Gasteiger partial charge in [-0.25, -0.2) is 4.79 Å². The number of methoxy groups -OCH3 is 2. The number of fused-ring (bicyclic) bond motifs is 1. The van der Waals surface area contributed by atoms with E-state index in [2.05, 4.69) is 37.2 Å². The number of amides is 1. The molecule has 1 atom stereocenters. The number of ether oxygens (including phenoxy) is 3. The molecule has 0 saturated carbocycles. The summed E-state index contributed by atoms with van der Waals surface area (Å²) in [6.07, 6.45) is -0.411. The van der Waals surface area contributed by atoms with Gasteiger partial charge in [-0.1, -0.05) is 0 Å². The van der Waals surface area contributed by atoms with Gasteiger partial charge >= 0.3 is 5.97 Å². The summed E-state index contributed by atoms with van der Waals surface area (Å²) in [5, 5.41) is 2.41. The van der Waals surface area contributed by atoms with Gasteiger partial charge in [-0.05, 0) is 31.9 Å². The number of hydrogen-bond donors (Lipinski definition) is 1. The van der Waals surface area contributed by atoms with Crippen LogP contribution in [0.1, 0.15) is 22.1 Å². The lowest BCUT2D eigenvalue weighted by Crippen LogP contribution is -2.19. The fourth-order valence-corrected chi connectivity index (χ4v) is 3.64. The molecule has 1 N–H and O–H groups in total. The molecule has 102 valence electrons. The number of rotatable bonds is 4. The predicted molar refractivity (Wildman–Crippen MR) is 72.3 cm³/mol. The monoisotopic (exact) mass is 393 g/mol. The standard InChI is InChI=1S/C11H9Br2NO5/c1-17-8-5-4(6(12)9(18-2)7(8)13)10(14-3-15)19-11(5)16/h3,10H,1-2H3,(H,14,15). The van der Waals surface area contributed by atoms with Gasteiger partial charge < -0.3 is 19.5 Å². The normalized spacial score (nSPS) is 16.6. The van der Waals surface area contributed by atoms with E-state index in [1.807, 2.05) is 0 Å². The van der Waals surface area contributed by atoms with Crippen LogP contribution in [-0.2, 0) is 9.53 Å². The van der Waals surface area contributed by atoms with Crippen LogP contribution >= 0.6 is 31.9 Å². The maximum atomic E-state index is 11.9. The highest BCUT2D eigenvalue weighted by atomic mass is 79.9. The molecule has 2 rings (SSSR count). The van der Waals surface area contributed by atoms with Crippen molar-refractivity contribution in [2.75, 3.05) is 14.2 Å². The van der Waals surface area contributed by atoms with Crippen LogP contribution in [0, 0.1) is 0 Å². The Morgan fingerprint density at radius 1 is 1.21 bits per heavy atom. The molecule has 1 aliphatic heterocycles. The number of halogens is 2. The summed E-state index contributed by atoms with van der Waals surface area (Å²) < 4.78 is 16.6. The fraction of sp³-hybridized carbons (Fsp3) is 0.273. The molecule has 1 unspecified atom stereocenters. The van der Waals surface area contributed by atoms with Crippen LogP contribution in [0.25, 0.3) is 0 Å². The molecule has 19 heavy (non-hydrogen) atoms. The molecule has 0 saturated heterocycles. The second kappa shape index (κ2) is 5.38. The van der Waals surface area contributed by atoms with Crippen molar-refractivity contribution in [3.8, 4) is 11.5 Å². The average molecular weight is 395 g/mol. The van der Waals surface area contributed by atoms with E-state index in [9.17, 15) is 9.59 Å². The summed E-state index contributed by atoms with van der Waals surface area (Å²) in [5.74, 6) is 0.178. The zero-order valence-electron chi connectivity index (χ0n) is 9.95. The van der Waals surface area contributed by atoms with E-state index in [-0.39, 0.29) is 5.56 Å². The SMILES string of the molecule is COc1c(Br)c(OC)c2c(c1Br)C(NC=O)OC2=O. The van der Waals surface area contributed by atoms with Crippen LogP contribution < -0.4 is 14.8 Å². The maximum absolute atomic E-state index is 11.9. The van der Waals surface area contributed by atoms with Crippen molar-refractivity contribution in [3.05, 3.63) is 20.1 Å². The van der Waals surface area contributed by atoms with E-state index in [1.54, 1.807) is 0 Å². The highest BCUT2D eigenvalue weighted by Crippen LogP contribution is 2.50. The number of carbonyl (C=O) groups is 2. The van der Waals surface area contributed by atoms with Gasteiger partial charge in [0.15, 0.2) is 11.5 Å². The summed E-state index contributed by atoms with van der Waals surface area (Å²) in [6.45, 7) is 0. The van der Waals surface area contributed by atoms with Crippen molar-refractivity contribution in [2.45, 2.75) is 6.23 Å². The van der Waals surface area contributed by atoms with Gasteiger partial charge in [0.05, 0.1) is 18.7 Å². The van der Waals surface area contributed by atoms with E-state index >= 15 is 0 Å². The summed E-state index contributed by atoms with van der Waals surface area (Å²) >= 11 is 6.66. The molecule has 1 aromatic rings. The number of cyclic esters (lactones) is 1. The van der Waals surface area contributed by atoms with Gasteiger partial charge in [0, 0.05) is 5.56 Å². The quantitative estimate of drug-likeness (QED) is 0.625. The van der Waals surface area contributed by atoms with Crippen LogP contribution in [0.3, 0.4) is 0 Å². The van der Waals surface area contributed by atoms with Crippen molar-refractivity contribution in [1.82, 2.24) is 5.32 Å².